The molecule has 0 aliphatic carbocycles. The van der Waals surface area contributed by atoms with Crippen LogP contribution >= 0.6 is 11.6 Å². The number of carbonyl (C=O) groups is 1. The molecule has 1 aromatic carbocycles. The first kappa shape index (κ1) is 15.4. The summed E-state index contributed by atoms with van der Waals surface area (Å²) in [5.74, 6) is -0.478. The van der Waals surface area contributed by atoms with E-state index in [9.17, 15) is 18.0 Å². The SMILES string of the molecule is CC(C(=O)Nc1ccc(Cl)c(C(F)(F)F)c1)n1cccn1. The number of nitrogens with one attached hydrogen (secondary N) is 1. The quantitative estimate of drug-likeness (QED) is 0.937. The van der Waals surface area contributed by atoms with E-state index in [1.165, 1.54) is 16.9 Å². The van der Waals surface area contributed by atoms with Gasteiger partial charge in [-0.3, -0.25) is 9.48 Å². The Morgan fingerprint density at radius 2 is 2.14 bits per heavy atom. The molecular weight excluding hydrogens is 307 g/mol. The van der Waals surface area contributed by atoms with Crippen molar-refractivity contribution in [3.05, 3.63) is 47.2 Å². The van der Waals surface area contributed by atoms with Gasteiger partial charge in [0.05, 0.1) is 10.6 Å². The Bertz CT molecular complexity index is 641. The zero-order chi connectivity index (χ0) is 15.6. The molecule has 0 bridgehead atoms. The van der Waals surface area contributed by atoms with Crippen molar-refractivity contribution in [3.8, 4) is 0 Å². The van der Waals surface area contributed by atoms with Crippen LogP contribution in [0.4, 0.5) is 18.9 Å². The Morgan fingerprint density at radius 1 is 1.43 bits per heavy atom. The molecule has 0 aliphatic rings. The lowest BCUT2D eigenvalue weighted by atomic mass is 10.2. The van der Waals surface area contributed by atoms with E-state index in [0.717, 1.165) is 12.1 Å². The van der Waals surface area contributed by atoms with Gasteiger partial charge in [0, 0.05) is 18.1 Å². The number of alkyl halides is 3. The van der Waals surface area contributed by atoms with Crippen LogP contribution in [0.1, 0.15) is 18.5 Å². The molecule has 0 radical (unpaired) electrons. The molecule has 0 saturated heterocycles. The van der Waals surface area contributed by atoms with Crippen LogP contribution in [0, 0.1) is 0 Å². The first-order chi connectivity index (χ1) is 9.79. The van der Waals surface area contributed by atoms with E-state index in [4.69, 9.17) is 11.6 Å². The zero-order valence-corrected chi connectivity index (χ0v) is 11.6. The van der Waals surface area contributed by atoms with Crippen molar-refractivity contribution in [2.45, 2.75) is 19.1 Å². The van der Waals surface area contributed by atoms with E-state index in [1.54, 1.807) is 19.2 Å². The number of benzene rings is 1. The van der Waals surface area contributed by atoms with E-state index in [2.05, 4.69) is 10.4 Å². The molecule has 1 unspecified atom stereocenters. The molecule has 1 aromatic heterocycles. The molecule has 2 aromatic rings. The van der Waals surface area contributed by atoms with Crippen molar-refractivity contribution in [1.82, 2.24) is 9.78 Å². The fourth-order valence-corrected chi connectivity index (χ4v) is 1.92. The summed E-state index contributed by atoms with van der Waals surface area (Å²) in [6, 6.07) is 4.21. The number of halogens is 4. The summed E-state index contributed by atoms with van der Waals surface area (Å²) in [7, 11) is 0. The summed E-state index contributed by atoms with van der Waals surface area (Å²) in [4.78, 5) is 12.0. The molecule has 8 heteroatoms. The van der Waals surface area contributed by atoms with Crippen LogP contribution in [0.15, 0.2) is 36.7 Å². The Hall–Kier alpha value is -2.02. The van der Waals surface area contributed by atoms with E-state index in [0.29, 0.717) is 0 Å². The van der Waals surface area contributed by atoms with Crippen molar-refractivity contribution in [2.75, 3.05) is 5.32 Å². The monoisotopic (exact) mass is 317 g/mol. The largest absolute Gasteiger partial charge is 0.417 e. The molecule has 1 atom stereocenters. The molecule has 1 amide bonds. The van der Waals surface area contributed by atoms with Crippen LogP contribution in [0.2, 0.25) is 5.02 Å². The van der Waals surface area contributed by atoms with Gasteiger partial charge in [-0.25, -0.2) is 0 Å². The second kappa shape index (κ2) is 5.77. The van der Waals surface area contributed by atoms with Gasteiger partial charge >= 0.3 is 6.18 Å². The van der Waals surface area contributed by atoms with E-state index < -0.39 is 28.7 Å². The molecular formula is C13H11ClF3N3O. The summed E-state index contributed by atoms with van der Waals surface area (Å²) in [6.45, 7) is 1.59. The summed E-state index contributed by atoms with van der Waals surface area (Å²) in [6.07, 6.45) is -1.48. The van der Waals surface area contributed by atoms with Gasteiger partial charge in [-0.1, -0.05) is 11.6 Å². The van der Waals surface area contributed by atoms with Gasteiger partial charge < -0.3 is 5.32 Å². The number of amides is 1. The fraction of sp³-hybridized carbons (Fsp3) is 0.231. The molecule has 0 spiro atoms. The molecule has 2 rings (SSSR count). The van der Waals surface area contributed by atoms with Crippen LogP contribution in [0.5, 0.6) is 0 Å². The van der Waals surface area contributed by atoms with Crippen LogP contribution in [-0.4, -0.2) is 15.7 Å². The minimum atomic E-state index is -4.58. The minimum Gasteiger partial charge on any atom is -0.324 e. The molecule has 0 fully saturated rings. The highest BCUT2D eigenvalue weighted by atomic mass is 35.5. The van der Waals surface area contributed by atoms with Crippen molar-refractivity contribution in [2.24, 2.45) is 0 Å². The van der Waals surface area contributed by atoms with E-state index >= 15 is 0 Å². The highest BCUT2D eigenvalue weighted by Gasteiger charge is 2.33. The number of hydrogen-bond acceptors (Lipinski definition) is 2. The summed E-state index contributed by atoms with van der Waals surface area (Å²) < 4.78 is 39.6. The van der Waals surface area contributed by atoms with Crippen molar-refractivity contribution in [3.63, 3.8) is 0 Å². The molecule has 4 nitrogen and oxygen atoms in total. The number of anilines is 1. The topological polar surface area (TPSA) is 46.9 Å². The maximum atomic E-state index is 12.7. The third-order valence-corrected chi connectivity index (χ3v) is 3.17. The average molecular weight is 318 g/mol. The Balaban J connectivity index is 2.18. The highest BCUT2D eigenvalue weighted by molar-refractivity contribution is 6.31. The smallest absolute Gasteiger partial charge is 0.324 e. The summed E-state index contributed by atoms with van der Waals surface area (Å²) >= 11 is 5.51. The van der Waals surface area contributed by atoms with Crippen molar-refractivity contribution < 1.29 is 18.0 Å². The highest BCUT2D eigenvalue weighted by Crippen LogP contribution is 2.36. The second-order valence-corrected chi connectivity index (χ2v) is 4.75. The predicted octanol–water partition coefficient (Wildman–Crippen LogP) is 3.76. The van der Waals surface area contributed by atoms with Gasteiger partial charge in [0.2, 0.25) is 5.91 Å². The number of aromatic nitrogens is 2. The first-order valence-electron chi connectivity index (χ1n) is 5.96. The lowest BCUT2D eigenvalue weighted by Crippen LogP contribution is -2.24. The number of rotatable bonds is 3. The van der Waals surface area contributed by atoms with Gasteiger partial charge in [0.1, 0.15) is 6.04 Å². The van der Waals surface area contributed by atoms with Crippen molar-refractivity contribution >= 4 is 23.2 Å². The minimum absolute atomic E-state index is 0.0238. The fourth-order valence-electron chi connectivity index (χ4n) is 1.70. The van der Waals surface area contributed by atoms with E-state index in [1.807, 2.05) is 0 Å². The molecule has 1 heterocycles. The standard InChI is InChI=1S/C13H11ClF3N3O/c1-8(20-6-2-5-18-20)12(21)19-9-3-4-11(14)10(7-9)13(15,16)17/h2-8H,1H3,(H,19,21). The number of hydrogen-bond donors (Lipinski definition) is 1. The lowest BCUT2D eigenvalue weighted by Gasteiger charge is -2.15. The van der Waals surface area contributed by atoms with Crippen LogP contribution in [0.25, 0.3) is 0 Å². The second-order valence-electron chi connectivity index (χ2n) is 4.34. The Morgan fingerprint density at radius 3 is 2.71 bits per heavy atom. The maximum Gasteiger partial charge on any atom is 0.417 e. The van der Waals surface area contributed by atoms with Gasteiger partial charge in [0.25, 0.3) is 0 Å². The third kappa shape index (κ3) is 3.55. The number of carbonyl (C=O) groups excluding carboxylic acids is 1. The zero-order valence-electron chi connectivity index (χ0n) is 10.9. The normalized spacial score (nSPS) is 13.0. The van der Waals surface area contributed by atoms with Crippen LogP contribution in [0.3, 0.4) is 0 Å². The summed E-state index contributed by atoms with van der Waals surface area (Å²) in [5.41, 5.74) is -0.968. The summed E-state index contributed by atoms with van der Waals surface area (Å²) in [5, 5.41) is 5.90. The predicted molar refractivity (Wildman–Crippen MR) is 72.0 cm³/mol. The van der Waals surface area contributed by atoms with Crippen molar-refractivity contribution in [1.29, 1.82) is 0 Å². The van der Waals surface area contributed by atoms with Crippen LogP contribution in [-0.2, 0) is 11.0 Å². The Labute approximate surface area is 123 Å². The molecule has 0 saturated carbocycles. The van der Waals surface area contributed by atoms with Gasteiger partial charge in [0.15, 0.2) is 0 Å². The molecule has 1 N–H and O–H groups in total. The maximum absolute atomic E-state index is 12.7. The van der Waals surface area contributed by atoms with Gasteiger partial charge in [-0.15, -0.1) is 0 Å². The molecule has 112 valence electrons. The van der Waals surface area contributed by atoms with Gasteiger partial charge in [-0.05, 0) is 31.2 Å². The number of nitrogens with zero attached hydrogens (tertiary/aromatic N) is 2. The Kier molecular flexibility index (Phi) is 4.22. The van der Waals surface area contributed by atoms with Crippen LogP contribution < -0.4 is 5.32 Å². The first-order valence-corrected chi connectivity index (χ1v) is 6.33. The average Bonchev–Trinajstić information content (AvgIpc) is 2.92. The lowest BCUT2D eigenvalue weighted by molar-refractivity contribution is -0.137. The third-order valence-electron chi connectivity index (χ3n) is 2.84. The molecule has 21 heavy (non-hydrogen) atoms. The van der Waals surface area contributed by atoms with Gasteiger partial charge in [-0.2, -0.15) is 18.3 Å². The molecule has 0 aliphatic heterocycles. The van der Waals surface area contributed by atoms with E-state index in [-0.39, 0.29) is 5.69 Å².